The summed E-state index contributed by atoms with van der Waals surface area (Å²) in [6.45, 7) is 2.23. The van der Waals surface area contributed by atoms with Crippen molar-refractivity contribution in [2.45, 2.75) is 38.6 Å². The summed E-state index contributed by atoms with van der Waals surface area (Å²) in [6, 6.07) is 2.86. The van der Waals surface area contributed by atoms with Crippen molar-refractivity contribution in [2.75, 3.05) is 7.05 Å². The average molecular weight is 288 g/mol. The van der Waals surface area contributed by atoms with Crippen LogP contribution in [-0.2, 0) is 0 Å². The zero-order chi connectivity index (χ0) is 10.8. The summed E-state index contributed by atoms with van der Waals surface area (Å²) in [7, 11) is 2.09. The van der Waals surface area contributed by atoms with E-state index in [4.69, 9.17) is 0 Å². The van der Waals surface area contributed by atoms with Gasteiger partial charge in [0.15, 0.2) is 0 Å². The van der Waals surface area contributed by atoms with Gasteiger partial charge in [-0.1, -0.05) is 12.8 Å². The molecule has 1 aromatic rings. The quantitative estimate of drug-likeness (QED) is 0.876. The van der Waals surface area contributed by atoms with E-state index >= 15 is 0 Å². The minimum absolute atomic E-state index is 0.565. The lowest BCUT2D eigenvalue weighted by Crippen LogP contribution is -2.23. The van der Waals surface area contributed by atoms with Crippen molar-refractivity contribution in [3.8, 4) is 0 Å². The highest BCUT2D eigenvalue weighted by molar-refractivity contribution is 9.11. The predicted molar refractivity (Wildman–Crippen MR) is 70.5 cm³/mol. The molecule has 1 atom stereocenters. The van der Waals surface area contributed by atoms with E-state index < -0.39 is 0 Å². The SMILES string of the molecule is CNC(c1cc(Br)sc1C)C1CCCC1. The van der Waals surface area contributed by atoms with Gasteiger partial charge in [-0.15, -0.1) is 11.3 Å². The van der Waals surface area contributed by atoms with Crippen LogP contribution in [0.25, 0.3) is 0 Å². The first-order chi connectivity index (χ1) is 7.22. The van der Waals surface area contributed by atoms with E-state index in [1.54, 1.807) is 0 Å². The third-order valence-electron chi connectivity index (χ3n) is 3.44. The molecule has 1 fully saturated rings. The Kier molecular flexibility index (Phi) is 3.86. The van der Waals surface area contributed by atoms with Gasteiger partial charge in [0.05, 0.1) is 3.79 Å². The molecule has 0 spiro atoms. The van der Waals surface area contributed by atoms with Crippen molar-refractivity contribution in [2.24, 2.45) is 5.92 Å². The van der Waals surface area contributed by atoms with Gasteiger partial charge in [0, 0.05) is 10.9 Å². The van der Waals surface area contributed by atoms with Crippen LogP contribution in [0.3, 0.4) is 0 Å². The molecule has 0 saturated heterocycles. The second-order valence-corrected chi connectivity index (χ2v) is 7.01. The highest BCUT2D eigenvalue weighted by atomic mass is 79.9. The standard InChI is InChI=1S/C12H18BrNS/c1-8-10(7-11(13)15-8)12(14-2)9-5-3-4-6-9/h7,9,12,14H,3-6H2,1-2H3. The van der Waals surface area contributed by atoms with Crippen LogP contribution in [-0.4, -0.2) is 7.05 Å². The Morgan fingerprint density at radius 1 is 1.47 bits per heavy atom. The van der Waals surface area contributed by atoms with E-state index in [1.807, 2.05) is 11.3 Å². The average Bonchev–Trinajstić information content (AvgIpc) is 2.79. The van der Waals surface area contributed by atoms with Gasteiger partial charge in [-0.2, -0.15) is 0 Å². The molecular weight excluding hydrogens is 270 g/mol. The van der Waals surface area contributed by atoms with Crippen LogP contribution in [0.2, 0.25) is 0 Å². The fourth-order valence-electron chi connectivity index (χ4n) is 2.70. The zero-order valence-electron chi connectivity index (χ0n) is 9.35. The van der Waals surface area contributed by atoms with Crippen molar-refractivity contribution >= 4 is 27.3 Å². The molecule has 1 unspecified atom stereocenters. The number of nitrogens with one attached hydrogen (secondary N) is 1. The molecule has 1 saturated carbocycles. The largest absolute Gasteiger partial charge is 0.313 e. The summed E-state index contributed by atoms with van der Waals surface area (Å²) in [4.78, 5) is 1.45. The van der Waals surface area contributed by atoms with Crippen LogP contribution in [0.4, 0.5) is 0 Å². The molecule has 1 aliphatic carbocycles. The van der Waals surface area contributed by atoms with Gasteiger partial charge in [0.2, 0.25) is 0 Å². The molecule has 0 radical (unpaired) electrons. The maximum Gasteiger partial charge on any atom is 0.0704 e. The van der Waals surface area contributed by atoms with E-state index in [1.165, 1.54) is 39.9 Å². The first kappa shape index (κ1) is 11.6. The van der Waals surface area contributed by atoms with E-state index in [0.717, 1.165) is 5.92 Å². The van der Waals surface area contributed by atoms with Gasteiger partial charge in [-0.3, -0.25) is 0 Å². The van der Waals surface area contributed by atoms with Gasteiger partial charge in [-0.25, -0.2) is 0 Å². The monoisotopic (exact) mass is 287 g/mol. The highest BCUT2D eigenvalue weighted by Gasteiger charge is 2.26. The lowest BCUT2D eigenvalue weighted by molar-refractivity contribution is 0.390. The van der Waals surface area contributed by atoms with Crippen molar-refractivity contribution in [1.82, 2.24) is 5.32 Å². The maximum absolute atomic E-state index is 3.58. The Morgan fingerprint density at radius 3 is 2.60 bits per heavy atom. The van der Waals surface area contributed by atoms with E-state index in [2.05, 4.69) is 41.3 Å². The molecular formula is C12H18BrNS. The Bertz CT molecular complexity index is 328. The van der Waals surface area contributed by atoms with E-state index in [9.17, 15) is 0 Å². The molecule has 1 nitrogen and oxygen atoms in total. The molecule has 1 heterocycles. The molecule has 2 rings (SSSR count). The summed E-state index contributed by atoms with van der Waals surface area (Å²) in [5.74, 6) is 0.843. The summed E-state index contributed by atoms with van der Waals surface area (Å²) >= 11 is 5.43. The normalized spacial score (nSPS) is 19.7. The molecule has 84 valence electrons. The van der Waals surface area contributed by atoms with E-state index in [0.29, 0.717) is 6.04 Å². The molecule has 1 aliphatic rings. The molecule has 1 aromatic heterocycles. The number of halogens is 1. The number of hydrogen-bond donors (Lipinski definition) is 1. The number of thiophene rings is 1. The fraction of sp³-hybridized carbons (Fsp3) is 0.667. The molecule has 0 bridgehead atoms. The topological polar surface area (TPSA) is 12.0 Å². The van der Waals surface area contributed by atoms with Gasteiger partial charge in [-0.05, 0) is 60.3 Å². The Labute approximate surface area is 104 Å². The minimum Gasteiger partial charge on any atom is -0.313 e. The van der Waals surface area contributed by atoms with Crippen LogP contribution in [0.15, 0.2) is 9.85 Å². The molecule has 0 amide bonds. The van der Waals surface area contributed by atoms with Gasteiger partial charge in [0.1, 0.15) is 0 Å². The lowest BCUT2D eigenvalue weighted by atomic mass is 9.92. The van der Waals surface area contributed by atoms with Crippen molar-refractivity contribution < 1.29 is 0 Å². The molecule has 15 heavy (non-hydrogen) atoms. The molecule has 0 aliphatic heterocycles. The predicted octanol–water partition coefficient (Wildman–Crippen LogP) is 4.27. The number of aryl methyl sites for hydroxylation is 1. The third kappa shape index (κ3) is 2.45. The second-order valence-electron chi connectivity index (χ2n) is 4.37. The van der Waals surface area contributed by atoms with Crippen LogP contribution >= 0.6 is 27.3 Å². The zero-order valence-corrected chi connectivity index (χ0v) is 11.7. The van der Waals surface area contributed by atoms with Gasteiger partial charge in [0.25, 0.3) is 0 Å². The first-order valence-corrected chi connectivity index (χ1v) is 7.26. The van der Waals surface area contributed by atoms with Gasteiger partial charge < -0.3 is 5.32 Å². The molecule has 1 N–H and O–H groups in total. The number of hydrogen-bond acceptors (Lipinski definition) is 2. The van der Waals surface area contributed by atoms with E-state index in [-0.39, 0.29) is 0 Å². The minimum atomic E-state index is 0.565. The van der Waals surface area contributed by atoms with Crippen LogP contribution < -0.4 is 5.32 Å². The Morgan fingerprint density at radius 2 is 2.13 bits per heavy atom. The highest BCUT2D eigenvalue weighted by Crippen LogP contribution is 2.39. The summed E-state index contributed by atoms with van der Waals surface area (Å²) in [5.41, 5.74) is 1.50. The van der Waals surface area contributed by atoms with Crippen molar-refractivity contribution in [3.05, 3.63) is 20.3 Å². The summed E-state index contributed by atoms with van der Waals surface area (Å²) in [6.07, 6.45) is 5.59. The smallest absolute Gasteiger partial charge is 0.0704 e. The van der Waals surface area contributed by atoms with Crippen molar-refractivity contribution in [3.63, 3.8) is 0 Å². The fourth-order valence-corrected chi connectivity index (χ4v) is 4.46. The van der Waals surface area contributed by atoms with Gasteiger partial charge >= 0.3 is 0 Å². The van der Waals surface area contributed by atoms with Crippen LogP contribution in [0.1, 0.15) is 42.2 Å². The Balaban J connectivity index is 2.21. The number of rotatable bonds is 3. The third-order valence-corrected chi connectivity index (χ3v) is 5.01. The first-order valence-electron chi connectivity index (χ1n) is 5.65. The second kappa shape index (κ2) is 4.98. The van der Waals surface area contributed by atoms with Crippen molar-refractivity contribution in [1.29, 1.82) is 0 Å². The van der Waals surface area contributed by atoms with Crippen LogP contribution in [0, 0.1) is 12.8 Å². The lowest BCUT2D eigenvalue weighted by Gasteiger charge is -2.23. The summed E-state index contributed by atoms with van der Waals surface area (Å²) in [5, 5.41) is 3.50. The Hall–Kier alpha value is 0.140. The van der Waals surface area contributed by atoms with Crippen LogP contribution in [0.5, 0.6) is 0 Å². The summed E-state index contributed by atoms with van der Waals surface area (Å²) < 4.78 is 1.26. The molecule has 3 heteroatoms. The molecule has 0 aromatic carbocycles. The maximum atomic E-state index is 3.58.